The molecule has 0 saturated carbocycles. The van der Waals surface area contributed by atoms with Crippen molar-refractivity contribution in [3.63, 3.8) is 0 Å². The molecule has 0 aromatic heterocycles. The largest absolute Gasteiger partial charge is 0.310 e. The zero-order valence-electron chi connectivity index (χ0n) is 11.4. The van der Waals surface area contributed by atoms with Crippen molar-refractivity contribution in [2.75, 3.05) is 6.54 Å². The van der Waals surface area contributed by atoms with Gasteiger partial charge in [0, 0.05) is 11.6 Å². The van der Waals surface area contributed by atoms with E-state index in [9.17, 15) is 4.39 Å². The zero-order chi connectivity index (χ0) is 12.8. The molecule has 1 rings (SSSR count). The van der Waals surface area contributed by atoms with E-state index >= 15 is 0 Å². The van der Waals surface area contributed by atoms with Gasteiger partial charge < -0.3 is 5.32 Å². The van der Waals surface area contributed by atoms with E-state index in [1.165, 1.54) is 0 Å². The minimum atomic E-state index is -0.0652. The number of halogens is 1. The molecule has 1 unspecified atom stereocenters. The van der Waals surface area contributed by atoms with Crippen LogP contribution in [0.1, 0.15) is 55.8 Å². The van der Waals surface area contributed by atoms with E-state index in [-0.39, 0.29) is 11.9 Å². The fourth-order valence-electron chi connectivity index (χ4n) is 2.32. The monoisotopic (exact) mass is 237 g/mol. The lowest BCUT2D eigenvalue weighted by Crippen LogP contribution is -2.24. The molecule has 0 radical (unpaired) electrons. The van der Waals surface area contributed by atoms with Crippen LogP contribution in [0.5, 0.6) is 0 Å². The van der Waals surface area contributed by atoms with Crippen molar-refractivity contribution in [1.82, 2.24) is 5.32 Å². The molecular formula is C15H24FN. The highest BCUT2D eigenvalue weighted by Crippen LogP contribution is 2.26. The first-order valence-electron chi connectivity index (χ1n) is 6.60. The summed E-state index contributed by atoms with van der Waals surface area (Å²) in [7, 11) is 0. The summed E-state index contributed by atoms with van der Waals surface area (Å²) in [5, 5.41) is 3.45. The van der Waals surface area contributed by atoms with Crippen LogP contribution >= 0.6 is 0 Å². The maximum Gasteiger partial charge on any atom is 0.128 e. The van der Waals surface area contributed by atoms with E-state index in [0.29, 0.717) is 0 Å². The Balaban J connectivity index is 3.00. The van der Waals surface area contributed by atoms with Gasteiger partial charge in [-0.25, -0.2) is 4.39 Å². The molecule has 0 fully saturated rings. The van der Waals surface area contributed by atoms with Gasteiger partial charge in [0.1, 0.15) is 5.82 Å². The van der Waals surface area contributed by atoms with E-state index in [1.54, 1.807) is 6.07 Å². The summed E-state index contributed by atoms with van der Waals surface area (Å²) in [6.07, 6.45) is 3.13. The van der Waals surface area contributed by atoms with Crippen molar-refractivity contribution in [3.05, 3.63) is 34.6 Å². The molecule has 1 N–H and O–H groups in total. The molecular weight excluding hydrogens is 213 g/mol. The van der Waals surface area contributed by atoms with Gasteiger partial charge in [0.25, 0.3) is 0 Å². The molecule has 0 amide bonds. The molecule has 1 nitrogen and oxygen atoms in total. The van der Waals surface area contributed by atoms with E-state index in [1.807, 2.05) is 13.8 Å². The average molecular weight is 237 g/mol. The van der Waals surface area contributed by atoms with Gasteiger partial charge in [0.2, 0.25) is 0 Å². The minimum absolute atomic E-state index is 0.0652. The summed E-state index contributed by atoms with van der Waals surface area (Å²) in [6, 6.07) is 3.85. The van der Waals surface area contributed by atoms with Gasteiger partial charge in [0.15, 0.2) is 0 Å². The lowest BCUT2D eigenvalue weighted by Gasteiger charge is -2.21. The fraction of sp³-hybridized carbons (Fsp3) is 0.600. The summed E-state index contributed by atoms with van der Waals surface area (Å²) < 4.78 is 14.1. The molecule has 1 atom stereocenters. The summed E-state index contributed by atoms with van der Waals surface area (Å²) in [4.78, 5) is 0. The van der Waals surface area contributed by atoms with Crippen molar-refractivity contribution in [2.45, 2.75) is 53.0 Å². The Morgan fingerprint density at radius 2 is 1.88 bits per heavy atom. The van der Waals surface area contributed by atoms with Crippen LogP contribution in [0.2, 0.25) is 0 Å². The molecule has 0 aliphatic rings. The number of aryl methyl sites for hydroxylation is 2. The lowest BCUT2D eigenvalue weighted by atomic mass is 9.95. The first-order valence-corrected chi connectivity index (χ1v) is 6.60. The molecule has 17 heavy (non-hydrogen) atoms. The Labute approximate surface area is 104 Å². The second kappa shape index (κ2) is 6.75. The molecule has 0 heterocycles. The number of rotatable bonds is 6. The van der Waals surface area contributed by atoms with Gasteiger partial charge in [0.05, 0.1) is 0 Å². The van der Waals surface area contributed by atoms with Crippen LogP contribution in [0.3, 0.4) is 0 Å². The van der Waals surface area contributed by atoms with Crippen LogP contribution < -0.4 is 5.32 Å². The third kappa shape index (κ3) is 3.81. The third-order valence-corrected chi connectivity index (χ3v) is 3.05. The Morgan fingerprint density at radius 3 is 2.41 bits per heavy atom. The first-order chi connectivity index (χ1) is 8.10. The van der Waals surface area contributed by atoms with E-state index < -0.39 is 0 Å². The van der Waals surface area contributed by atoms with Crippen molar-refractivity contribution in [1.29, 1.82) is 0 Å². The van der Waals surface area contributed by atoms with Gasteiger partial charge in [-0.2, -0.15) is 0 Å². The summed E-state index contributed by atoms with van der Waals surface area (Å²) >= 11 is 0. The summed E-state index contributed by atoms with van der Waals surface area (Å²) in [5.74, 6) is -0.0652. The summed E-state index contributed by atoms with van der Waals surface area (Å²) in [5.41, 5.74) is 2.91. The van der Waals surface area contributed by atoms with Crippen LogP contribution in [-0.2, 0) is 0 Å². The number of nitrogens with one attached hydrogen (secondary N) is 1. The van der Waals surface area contributed by atoms with E-state index in [2.05, 4.69) is 25.2 Å². The first kappa shape index (κ1) is 14.2. The van der Waals surface area contributed by atoms with Gasteiger partial charge in [-0.15, -0.1) is 0 Å². The molecule has 1 aromatic rings. The number of benzene rings is 1. The van der Waals surface area contributed by atoms with E-state index in [4.69, 9.17) is 0 Å². The van der Waals surface area contributed by atoms with Gasteiger partial charge in [-0.1, -0.05) is 26.3 Å². The normalized spacial score (nSPS) is 12.8. The molecule has 0 aliphatic heterocycles. The SMILES string of the molecule is CCCNC(CCC)c1c(C)cc(C)cc1F. The van der Waals surface area contributed by atoms with Gasteiger partial charge >= 0.3 is 0 Å². The van der Waals surface area contributed by atoms with Crippen molar-refractivity contribution in [3.8, 4) is 0 Å². The highest BCUT2D eigenvalue weighted by molar-refractivity contribution is 5.34. The van der Waals surface area contributed by atoms with Crippen molar-refractivity contribution < 1.29 is 4.39 Å². The standard InChI is InChI=1S/C15H24FN/c1-5-7-14(17-8-6-2)15-12(4)9-11(3)10-13(15)16/h9-10,14,17H,5-8H2,1-4H3. The predicted molar refractivity (Wildman–Crippen MR) is 71.8 cm³/mol. The molecule has 0 spiro atoms. The number of hydrogen-bond donors (Lipinski definition) is 1. The molecule has 2 heteroatoms. The van der Waals surface area contributed by atoms with E-state index in [0.717, 1.165) is 42.5 Å². The molecule has 0 aliphatic carbocycles. The fourth-order valence-corrected chi connectivity index (χ4v) is 2.32. The highest BCUT2D eigenvalue weighted by Gasteiger charge is 2.17. The zero-order valence-corrected chi connectivity index (χ0v) is 11.4. The molecule has 0 saturated heterocycles. The van der Waals surface area contributed by atoms with Crippen LogP contribution in [0, 0.1) is 19.7 Å². The second-order valence-corrected chi connectivity index (χ2v) is 4.77. The van der Waals surface area contributed by atoms with Crippen LogP contribution in [0.15, 0.2) is 12.1 Å². The smallest absolute Gasteiger partial charge is 0.128 e. The van der Waals surface area contributed by atoms with Gasteiger partial charge in [-0.3, -0.25) is 0 Å². The van der Waals surface area contributed by atoms with Crippen LogP contribution in [0.25, 0.3) is 0 Å². The summed E-state index contributed by atoms with van der Waals surface area (Å²) in [6.45, 7) is 9.16. The predicted octanol–water partition coefficient (Wildman–Crippen LogP) is 4.28. The minimum Gasteiger partial charge on any atom is -0.310 e. The molecule has 1 aromatic carbocycles. The van der Waals surface area contributed by atoms with Crippen LogP contribution in [0.4, 0.5) is 4.39 Å². The molecule has 96 valence electrons. The average Bonchev–Trinajstić information content (AvgIpc) is 2.24. The lowest BCUT2D eigenvalue weighted by molar-refractivity contribution is 0.467. The highest BCUT2D eigenvalue weighted by atomic mass is 19.1. The second-order valence-electron chi connectivity index (χ2n) is 4.77. The van der Waals surface area contributed by atoms with Crippen molar-refractivity contribution >= 4 is 0 Å². The van der Waals surface area contributed by atoms with Gasteiger partial charge in [-0.05, 0) is 50.4 Å². The van der Waals surface area contributed by atoms with Crippen molar-refractivity contribution in [2.24, 2.45) is 0 Å². The maximum absolute atomic E-state index is 14.1. The van der Waals surface area contributed by atoms with Crippen LogP contribution in [-0.4, -0.2) is 6.54 Å². The maximum atomic E-state index is 14.1. The topological polar surface area (TPSA) is 12.0 Å². The Morgan fingerprint density at radius 1 is 1.18 bits per heavy atom. The Kier molecular flexibility index (Phi) is 5.63. The molecule has 0 bridgehead atoms. The third-order valence-electron chi connectivity index (χ3n) is 3.05. The quantitative estimate of drug-likeness (QED) is 0.778. The number of hydrogen-bond acceptors (Lipinski definition) is 1. The Hall–Kier alpha value is -0.890. The Bertz CT molecular complexity index is 337.